The Kier molecular flexibility index (Phi) is 12.2. The van der Waals surface area contributed by atoms with Crippen LogP contribution in [0.5, 0.6) is 0 Å². The van der Waals surface area contributed by atoms with Crippen LogP contribution in [0.15, 0.2) is 22.0 Å². The minimum Gasteiger partial charge on any atom is -0.358 e. The van der Waals surface area contributed by atoms with Gasteiger partial charge in [0.15, 0.2) is 6.73 Å². The van der Waals surface area contributed by atoms with E-state index in [2.05, 4.69) is 40.7 Å². The number of hydrogen-bond acceptors (Lipinski definition) is 5. The van der Waals surface area contributed by atoms with Gasteiger partial charge in [0.1, 0.15) is 0 Å². The van der Waals surface area contributed by atoms with Crippen molar-refractivity contribution >= 4 is 8.07 Å². The summed E-state index contributed by atoms with van der Waals surface area (Å²) >= 11 is 0. The van der Waals surface area contributed by atoms with Gasteiger partial charge in [-0.3, -0.25) is 0 Å². The summed E-state index contributed by atoms with van der Waals surface area (Å²) < 4.78 is 42.8. The van der Waals surface area contributed by atoms with Crippen molar-refractivity contribution in [2.24, 2.45) is 10.3 Å². The Labute approximate surface area is 175 Å². The van der Waals surface area contributed by atoms with Crippen LogP contribution in [0.2, 0.25) is 25.7 Å². The summed E-state index contributed by atoms with van der Waals surface area (Å²) in [6.07, 6.45) is -0.957. The normalized spacial score (nSPS) is 15.2. The molecule has 6 nitrogen and oxygen atoms in total. The maximum atomic E-state index is 12.4. The molecule has 1 atom stereocenters. The molecule has 0 rings (SSSR count). The first-order valence-corrected chi connectivity index (χ1v) is 13.8. The molecule has 0 unspecified atom stereocenters. The van der Waals surface area contributed by atoms with Crippen molar-refractivity contribution in [2.45, 2.75) is 84.0 Å². The second kappa shape index (κ2) is 12.7. The lowest BCUT2D eigenvalue weighted by molar-refractivity contribution is -0.126. The zero-order valence-electron chi connectivity index (χ0n) is 19.3. The molecule has 0 aromatic rings. The Morgan fingerprint density at radius 2 is 1.86 bits per heavy atom. The molecule has 0 heterocycles. The summed E-state index contributed by atoms with van der Waals surface area (Å²) in [7, 11) is 0.611. The average molecular weight is 440 g/mol. The van der Waals surface area contributed by atoms with Crippen LogP contribution in [0.4, 0.5) is 13.2 Å². The molecule has 0 aliphatic rings. The minimum atomic E-state index is -4.20. The number of hydrazine groups is 1. The fourth-order valence-electron chi connectivity index (χ4n) is 2.42. The number of ether oxygens (including phenoxy) is 1. The molecule has 0 aliphatic heterocycles. The Balaban J connectivity index is 4.74. The van der Waals surface area contributed by atoms with Gasteiger partial charge in [-0.25, -0.2) is 5.43 Å². The van der Waals surface area contributed by atoms with Crippen LogP contribution >= 0.6 is 0 Å². The van der Waals surface area contributed by atoms with Gasteiger partial charge in [-0.05, 0) is 39.7 Å². The van der Waals surface area contributed by atoms with Gasteiger partial charge in [-0.15, -0.1) is 0 Å². The zero-order valence-corrected chi connectivity index (χ0v) is 20.3. The van der Waals surface area contributed by atoms with Gasteiger partial charge >= 0.3 is 6.18 Å². The summed E-state index contributed by atoms with van der Waals surface area (Å²) in [6.45, 7) is 14.5. The van der Waals surface area contributed by atoms with E-state index in [1.165, 1.54) is 5.12 Å². The minimum absolute atomic E-state index is 0.274. The predicted molar refractivity (Wildman–Crippen MR) is 115 cm³/mol. The van der Waals surface area contributed by atoms with Gasteiger partial charge in [-0.2, -0.15) is 23.4 Å². The van der Waals surface area contributed by atoms with Crippen molar-refractivity contribution in [1.29, 1.82) is 0 Å². The van der Waals surface area contributed by atoms with Gasteiger partial charge in [0.05, 0.1) is 12.1 Å². The van der Waals surface area contributed by atoms with Crippen molar-refractivity contribution in [2.75, 3.05) is 26.9 Å². The Morgan fingerprint density at radius 1 is 1.24 bits per heavy atom. The summed E-state index contributed by atoms with van der Waals surface area (Å²) in [4.78, 5) is 0. The van der Waals surface area contributed by atoms with Crippen molar-refractivity contribution in [3.63, 3.8) is 0 Å². The summed E-state index contributed by atoms with van der Waals surface area (Å²) in [6, 6.07) is 0.806. The fraction of sp³-hybridized carbons (Fsp3) is 0.895. The van der Waals surface area contributed by atoms with Crippen LogP contribution in [0.3, 0.4) is 0 Å². The molecule has 0 radical (unpaired) electrons. The Morgan fingerprint density at radius 3 is 2.34 bits per heavy atom. The molecular formula is C19H40F3N5OSi. The van der Waals surface area contributed by atoms with Gasteiger partial charge in [0.2, 0.25) is 0 Å². The molecule has 0 fully saturated rings. The Bertz CT molecular complexity index is 519. The molecule has 0 amide bonds. The highest BCUT2D eigenvalue weighted by Crippen LogP contribution is 2.20. The number of nitrogens with zero attached hydrogens (tertiary/aromatic N) is 3. The highest BCUT2D eigenvalue weighted by Gasteiger charge is 2.27. The second-order valence-corrected chi connectivity index (χ2v) is 14.7. The lowest BCUT2D eigenvalue weighted by Crippen LogP contribution is -2.35. The van der Waals surface area contributed by atoms with Gasteiger partial charge in [0, 0.05) is 27.8 Å². The third kappa shape index (κ3) is 16.5. The molecule has 2 N–H and O–H groups in total. The topological polar surface area (TPSA) is 61.2 Å². The lowest BCUT2D eigenvalue weighted by atomic mass is 9.96. The fourth-order valence-corrected chi connectivity index (χ4v) is 3.18. The maximum absolute atomic E-state index is 12.4. The van der Waals surface area contributed by atoms with Crippen molar-refractivity contribution in [3.05, 3.63) is 11.6 Å². The highest BCUT2D eigenvalue weighted by atomic mass is 28.3. The first-order valence-electron chi connectivity index (χ1n) is 10.1. The molecular weight excluding hydrogens is 399 g/mol. The van der Waals surface area contributed by atoms with Gasteiger partial charge in [0.25, 0.3) is 0 Å². The van der Waals surface area contributed by atoms with E-state index in [0.717, 1.165) is 18.0 Å². The maximum Gasteiger partial charge on any atom is 0.401 e. The third-order valence-electron chi connectivity index (χ3n) is 4.11. The van der Waals surface area contributed by atoms with Crippen LogP contribution in [-0.2, 0) is 4.74 Å². The van der Waals surface area contributed by atoms with Crippen molar-refractivity contribution < 1.29 is 17.9 Å². The van der Waals surface area contributed by atoms with Crippen LogP contribution in [0.1, 0.15) is 40.5 Å². The predicted octanol–water partition coefficient (Wildman–Crippen LogP) is 5.15. The molecule has 0 saturated heterocycles. The van der Waals surface area contributed by atoms with E-state index in [0.29, 0.717) is 19.8 Å². The molecule has 172 valence electrons. The highest BCUT2D eigenvalue weighted by molar-refractivity contribution is 6.76. The largest absolute Gasteiger partial charge is 0.401 e. The number of nitrogens with one attached hydrogen (secondary N) is 2. The summed E-state index contributed by atoms with van der Waals surface area (Å²) in [5, 5.41) is 12.6. The standard InChI is InChI=1S/C19H40F3N5OSi/c1-9-17(12-16(2)24-14-19(20,21)22)13-18(3,4)25-26-27(23-5)15-28-10-11-29(6,7)8/h13,16,23-24H,9-12,14-15H2,1-8H3/b17-13+,26-25-/t16-/m1/s1. The van der Waals surface area contributed by atoms with Crippen LogP contribution in [0.25, 0.3) is 0 Å². The smallest absolute Gasteiger partial charge is 0.358 e. The first-order chi connectivity index (χ1) is 13.2. The molecule has 29 heavy (non-hydrogen) atoms. The number of alkyl halides is 3. The molecule has 0 aromatic carbocycles. The van der Waals surface area contributed by atoms with Crippen LogP contribution < -0.4 is 10.7 Å². The average Bonchev–Trinajstić information content (AvgIpc) is 2.57. The van der Waals surface area contributed by atoms with Crippen molar-refractivity contribution in [1.82, 2.24) is 15.9 Å². The van der Waals surface area contributed by atoms with Crippen LogP contribution in [-0.4, -0.2) is 57.9 Å². The van der Waals surface area contributed by atoms with E-state index in [-0.39, 0.29) is 6.04 Å². The van der Waals surface area contributed by atoms with Crippen LogP contribution in [0, 0.1) is 0 Å². The quantitative estimate of drug-likeness (QED) is 0.0981. The number of hydrogen-bond donors (Lipinski definition) is 2. The number of rotatable bonds is 14. The molecule has 0 aromatic heterocycles. The summed E-state index contributed by atoms with van der Waals surface area (Å²) in [5.74, 6) is 0. The first kappa shape index (κ1) is 28.0. The molecule has 0 spiro atoms. The lowest BCUT2D eigenvalue weighted by Gasteiger charge is -2.22. The van der Waals surface area contributed by atoms with E-state index in [9.17, 15) is 13.2 Å². The zero-order chi connectivity index (χ0) is 22.7. The van der Waals surface area contributed by atoms with Gasteiger partial charge in [-0.1, -0.05) is 43.4 Å². The van der Waals surface area contributed by atoms with E-state index >= 15 is 0 Å². The second-order valence-electron chi connectivity index (χ2n) is 9.07. The number of halogens is 3. The third-order valence-corrected chi connectivity index (χ3v) is 5.81. The van der Waals surface area contributed by atoms with E-state index < -0.39 is 26.3 Å². The van der Waals surface area contributed by atoms with E-state index in [1.54, 1.807) is 14.0 Å². The molecule has 0 saturated carbocycles. The molecule has 0 bridgehead atoms. The van der Waals surface area contributed by atoms with Crippen molar-refractivity contribution in [3.8, 4) is 0 Å². The molecule has 10 heteroatoms. The SMILES string of the molecule is CC/C(=C\C(C)(C)/N=N\N(COCC[Si](C)(C)C)NC)C[C@@H](C)NCC(F)(F)F. The van der Waals surface area contributed by atoms with E-state index in [1.807, 2.05) is 26.8 Å². The Hall–Kier alpha value is -0.973. The monoisotopic (exact) mass is 439 g/mol. The van der Waals surface area contributed by atoms with Gasteiger partial charge < -0.3 is 10.1 Å². The van der Waals surface area contributed by atoms with E-state index in [4.69, 9.17) is 4.74 Å². The molecule has 0 aliphatic carbocycles. The summed E-state index contributed by atoms with van der Waals surface area (Å²) in [5.41, 5.74) is 3.38.